The fraction of sp³-hybridized carbons (Fsp3) is 0.364. The van der Waals surface area contributed by atoms with E-state index in [1.54, 1.807) is 6.07 Å². The summed E-state index contributed by atoms with van der Waals surface area (Å²) in [6.45, 7) is 1.58. The molecule has 0 aliphatic carbocycles. The van der Waals surface area contributed by atoms with Gasteiger partial charge in [0.05, 0.1) is 32.0 Å². The SMILES string of the molecule is O=[N+]([O-])c1ccc2nc(S(=O)[C@@H]3CCNC3)[nH]c2c1. The smallest absolute Gasteiger partial charge is 0.271 e. The number of non-ortho nitro benzene ring substituents is 1. The molecule has 19 heavy (non-hydrogen) atoms. The first-order chi connectivity index (χ1) is 9.15. The van der Waals surface area contributed by atoms with Crippen LogP contribution in [0.25, 0.3) is 11.0 Å². The lowest BCUT2D eigenvalue weighted by Crippen LogP contribution is -2.19. The van der Waals surface area contributed by atoms with Gasteiger partial charge < -0.3 is 10.3 Å². The average Bonchev–Trinajstić information content (AvgIpc) is 3.06. The molecule has 0 amide bonds. The zero-order valence-electron chi connectivity index (χ0n) is 9.96. The van der Waals surface area contributed by atoms with Crippen molar-refractivity contribution in [3.05, 3.63) is 28.3 Å². The summed E-state index contributed by atoms with van der Waals surface area (Å²) >= 11 is 0. The molecule has 0 radical (unpaired) electrons. The van der Waals surface area contributed by atoms with Gasteiger partial charge in [-0.1, -0.05) is 0 Å². The van der Waals surface area contributed by atoms with Gasteiger partial charge in [0.15, 0.2) is 5.16 Å². The number of hydrogen-bond acceptors (Lipinski definition) is 5. The zero-order valence-corrected chi connectivity index (χ0v) is 10.8. The molecule has 100 valence electrons. The Labute approximate surface area is 111 Å². The van der Waals surface area contributed by atoms with Crippen LogP contribution < -0.4 is 5.32 Å². The lowest BCUT2D eigenvalue weighted by molar-refractivity contribution is -0.384. The van der Waals surface area contributed by atoms with E-state index >= 15 is 0 Å². The Kier molecular flexibility index (Phi) is 3.03. The predicted octanol–water partition coefficient (Wildman–Crippen LogP) is 0.941. The van der Waals surface area contributed by atoms with Crippen molar-refractivity contribution in [2.45, 2.75) is 16.8 Å². The summed E-state index contributed by atoms with van der Waals surface area (Å²) in [4.78, 5) is 17.4. The van der Waals surface area contributed by atoms with Crippen molar-refractivity contribution < 1.29 is 9.13 Å². The van der Waals surface area contributed by atoms with E-state index < -0.39 is 15.7 Å². The molecule has 2 atom stereocenters. The maximum atomic E-state index is 12.3. The Morgan fingerprint density at radius 2 is 2.32 bits per heavy atom. The quantitative estimate of drug-likeness (QED) is 0.643. The van der Waals surface area contributed by atoms with E-state index in [1.807, 2.05) is 0 Å². The van der Waals surface area contributed by atoms with Crippen LogP contribution >= 0.6 is 0 Å². The van der Waals surface area contributed by atoms with Gasteiger partial charge in [-0.3, -0.25) is 14.3 Å². The standard InChI is InChI=1S/C11H12N4O3S/c16-15(17)7-1-2-9-10(5-7)14-11(13-9)19(18)8-3-4-12-6-8/h1-2,5,8,12H,3-4,6H2,(H,13,14)/t8-,19?/m1/s1. The normalized spacial score (nSPS) is 20.7. The molecular formula is C11H12N4O3S. The third-order valence-electron chi connectivity index (χ3n) is 3.16. The van der Waals surface area contributed by atoms with Crippen molar-refractivity contribution in [1.29, 1.82) is 0 Å². The van der Waals surface area contributed by atoms with E-state index in [1.165, 1.54) is 12.1 Å². The first-order valence-electron chi connectivity index (χ1n) is 5.90. The molecule has 1 unspecified atom stereocenters. The number of hydrogen-bond donors (Lipinski definition) is 2. The number of aromatic amines is 1. The Morgan fingerprint density at radius 3 is 3.00 bits per heavy atom. The van der Waals surface area contributed by atoms with Gasteiger partial charge in [0.2, 0.25) is 0 Å². The number of rotatable bonds is 3. The lowest BCUT2D eigenvalue weighted by Gasteiger charge is -2.04. The summed E-state index contributed by atoms with van der Waals surface area (Å²) in [6, 6.07) is 4.38. The van der Waals surface area contributed by atoms with E-state index in [2.05, 4.69) is 15.3 Å². The van der Waals surface area contributed by atoms with Crippen LogP contribution in [0.1, 0.15) is 6.42 Å². The number of benzene rings is 1. The molecule has 7 nitrogen and oxygen atoms in total. The van der Waals surface area contributed by atoms with Crippen molar-refractivity contribution >= 4 is 27.5 Å². The molecule has 2 N–H and O–H groups in total. The second-order valence-electron chi connectivity index (χ2n) is 4.41. The fourth-order valence-corrected chi connectivity index (χ4v) is 3.47. The number of nitrogens with zero attached hydrogens (tertiary/aromatic N) is 2. The molecule has 1 saturated heterocycles. The van der Waals surface area contributed by atoms with Gasteiger partial charge in [-0.15, -0.1) is 0 Å². The highest BCUT2D eigenvalue weighted by Crippen LogP contribution is 2.21. The molecule has 0 bridgehead atoms. The van der Waals surface area contributed by atoms with Crippen molar-refractivity contribution in [3.63, 3.8) is 0 Å². The number of fused-ring (bicyclic) bond motifs is 1. The van der Waals surface area contributed by atoms with Crippen LogP contribution in [0.15, 0.2) is 23.4 Å². The predicted molar refractivity (Wildman–Crippen MR) is 70.4 cm³/mol. The van der Waals surface area contributed by atoms with Gasteiger partial charge in [-0.25, -0.2) is 4.98 Å². The zero-order chi connectivity index (χ0) is 13.4. The minimum absolute atomic E-state index is 0.00369. The molecule has 1 aromatic heterocycles. The number of imidazole rings is 1. The molecule has 2 heterocycles. The first kappa shape index (κ1) is 12.2. The second kappa shape index (κ2) is 4.71. The second-order valence-corrected chi connectivity index (χ2v) is 6.06. The van der Waals surface area contributed by atoms with Crippen molar-refractivity contribution in [3.8, 4) is 0 Å². The summed E-state index contributed by atoms with van der Waals surface area (Å²) < 4.78 is 12.3. The number of aromatic nitrogens is 2. The summed E-state index contributed by atoms with van der Waals surface area (Å²) in [5, 5.41) is 14.3. The van der Waals surface area contributed by atoms with Crippen molar-refractivity contribution in [1.82, 2.24) is 15.3 Å². The molecule has 1 aromatic carbocycles. The van der Waals surface area contributed by atoms with Crippen LogP contribution in [0.4, 0.5) is 5.69 Å². The van der Waals surface area contributed by atoms with E-state index in [9.17, 15) is 14.3 Å². The van der Waals surface area contributed by atoms with Gasteiger partial charge in [0.1, 0.15) is 0 Å². The number of nitrogens with one attached hydrogen (secondary N) is 2. The number of H-pyrrole nitrogens is 1. The summed E-state index contributed by atoms with van der Waals surface area (Å²) in [5.74, 6) is 0. The summed E-state index contributed by atoms with van der Waals surface area (Å²) in [6.07, 6.45) is 0.851. The summed E-state index contributed by atoms with van der Waals surface area (Å²) in [7, 11) is -1.21. The molecule has 8 heteroatoms. The average molecular weight is 280 g/mol. The number of nitro benzene ring substituents is 1. The maximum Gasteiger partial charge on any atom is 0.271 e. The minimum atomic E-state index is -1.21. The lowest BCUT2D eigenvalue weighted by atomic mass is 10.3. The van der Waals surface area contributed by atoms with Crippen molar-refractivity contribution in [2.24, 2.45) is 0 Å². The van der Waals surface area contributed by atoms with E-state index in [-0.39, 0.29) is 10.9 Å². The highest BCUT2D eigenvalue weighted by molar-refractivity contribution is 7.85. The minimum Gasteiger partial charge on any atom is -0.331 e. The molecule has 3 rings (SSSR count). The summed E-state index contributed by atoms with van der Waals surface area (Å²) in [5.41, 5.74) is 1.14. The van der Waals surface area contributed by atoms with Crippen molar-refractivity contribution in [2.75, 3.05) is 13.1 Å². The molecular weight excluding hydrogens is 268 g/mol. The topological polar surface area (TPSA) is 101 Å². The highest BCUT2D eigenvalue weighted by Gasteiger charge is 2.24. The molecule has 0 spiro atoms. The van der Waals surface area contributed by atoms with Gasteiger partial charge in [0.25, 0.3) is 5.69 Å². The van der Waals surface area contributed by atoms with E-state index in [4.69, 9.17) is 0 Å². The number of nitro groups is 1. The van der Waals surface area contributed by atoms with Crippen LogP contribution in [-0.4, -0.2) is 37.4 Å². The van der Waals surface area contributed by atoms with Crippen LogP contribution in [0.3, 0.4) is 0 Å². The van der Waals surface area contributed by atoms with Crippen LogP contribution in [0, 0.1) is 10.1 Å². The Balaban J connectivity index is 1.96. The Hall–Kier alpha value is -1.80. The molecule has 1 fully saturated rings. The van der Waals surface area contributed by atoms with Gasteiger partial charge in [-0.05, 0) is 19.0 Å². The third-order valence-corrected chi connectivity index (χ3v) is 4.75. The maximum absolute atomic E-state index is 12.3. The van der Waals surface area contributed by atoms with E-state index in [0.29, 0.717) is 22.7 Å². The molecule has 2 aromatic rings. The van der Waals surface area contributed by atoms with E-state index in [0.717, 1.165) is 13.0 Å². The Bertz CT molecular complexity index is 663. The molecule has 0 saturated carbocycles. The fourth-order valence-electron chi connectivity index (χ4n) is 2.15. The monoisotopic (exact) mass is 280 g/mol. The van der Waals surface area contributed by atoms with Crippen LogP contribution in [0.5, 0.6) is 0 Å². The third kappa shape index (κ3) is 2.24. The van der Waals surface area contributed by atoms with Crippen LogP contribution in [0.2, 0.25) is 0 Å². The highest BCUT2D eigenvalue weighted by atomic mass is 32.2. The van der Waals surface area contributed by atoms with Gasteiger partial charge >= 0.3 is 0 Å². The van der Waals surface area contributed by atoms with Crippen LogP contribution in [-0.2, 0) is 10.8 Å². The molecule has 1 aliphatic rings. The van der Waals surface area contributed by atoms with Gasteiger partial charge in [-0.2, -0.15) is 0 Å². The first-order valence-corrected chi connectivity index (χ1v) is 7.12. The van der Waals surface area contributed by atoms with Gasteiger partial charge in [0, 0.05) is 18.7 Å². The molecule has 1 aliphatic heterocycles. The largest absolute Gasteiger partial charge is 0.331 e. The Morgan fingerprint density at radius 1 is 1.47 bits per heavy atom.